The molecule has 0 aliphatic carbocycles. The van der Waals surface area contributed by atoms with Gasteiger partial charge in [0.15, 0.2) is 0 Å². The minimum absolute atomic E-state index is 0.740. The Hall–Kier alpha value is -1.33. The van der Waals surface area contributed by atoms with Crippen molar-refractivity contribution in [3.05, 3.63) is 40.4 Å². The number of hydrogen-bond donors (Lipinski definition) is 1. The molecule has 80 valence electrons. The molecule has 3 heterocycles. The Balaban J connectivity index is 2.18. The summed E-state index contributed by atoms with van der Waals surface area (Å²) in [5.41, 5.74) is 8.35. The molecule has 0 aliphatic rings. The van der Waals surface area contributed by atoms with Crippen LogP contribution in [0.5, 0.6) is 0 Å². The first-order valence-electron chi connectivity index (χ1n) is 4.72. The van der Waals surface area contributed by atoms with Crippen molar-refractivity contribution in [1.82, 2.24) is 9.38 Å². The van der Waals surface area contributed by atoms with Crippen LogP contribution < -0.4 is 5.73 Å². The van der Waals surface area contributed by atoms with Gasteiger partial charge in [-0.2, -0.15) is 0 Å². The van der Waals surface area contributed by atoms with E-state index in [2.05, 4.69) is 27.0 Å². The highest BCUT2D eigenvalue weighted by molar-refractivity contribution is 9.11. The van der Waals surface area contributed by atoms with Crippen molar-refractivity contribution in [1.29, 1.82) is 0 Å². The minimum Gasteiger partial charge on any atom is -0.398 e. The first-order valence-corrected chi connectivity index (χ1v) is 6.33. The number of thiophene rings is 1. The van der Waals surface area contributed by atoms with Gasteiger partial charge in [-0.3, -0.25) is 0 Å². The number of pyridine rings is 1. The molecule has 3 aromatic heterocycles. The maximum Gasteiger partial charge on any atom is 0.137 e. The van der Waals surface area contributed by atoms with Gasteiger partial charge in [0.05, 0.1) is 14.4 Å². The predicted molar refractivity (Wildman–Crippen MR) is 70.6 cm³/mol. The van der Waals surface area contributed by atoms with Crippen LogP contribution in [0.25, 0.3) is 16.2 Å². The van der Waals surface area contributed by atoms with Gasteiger partial charge in [0.2, 0.25) is 0 Å². The normalized spacial score (nSPS) is 11.1. The number of nitrogens with two attached hydrogens (primary N) is 1. The van der Waals surface area contributed by atoms with E-state index in [-0.39, 0.29) is 0 Å². The van der Waals surface area contributed by atoms with E-state index in [1.807, 2.05) is 35.0 Å². The highest BCUT2D eigenvalue weighted by Crippen LogP contribution is 2.30. The van der Waals surface area contributed by atoms with Gasteiger partial charge in [-0.15, -0.1) is 11.3 Å². The van der Waals surface area contributed by atoms with Crippen LogP contribution in [0.1, 0.15) is 0 Å². The number of halogens is 1. The lowest BCUT2D eigenvalue weighted by molar-refractivity contribution is 1.19. The van der Waals surface area contributed by atoms with Gasteiger partial charge in [-0.1, -0.05) is 0 Å². The van der Waals surface area contributed by atoms with Crippen LogP contribution in [0.4, 0.5) is 5.69 Å². The fourth-order valence-corrected chi connectivity index (χ4v) is 2.92. The lowest BCUT2D eigenvalue weighted by Gasteiger charge is -1.93. The summed E-state index contributed by atoms with van der Waals surface area (Å²) in [6.45, 7) is 0. The van der Waals surface area contributed by atoms with Crippen molar-refractivity contribution in [2.45, 2.75) is 0 Å². The molecular formula is C11H8BrN3S. The Bertz CT molecular complexity index is 656. The van der Waals surface area contributed by atoms with Crippen LogP contribution in [0.3, 0.4) is 0 Å². The van der Waals surface area contributed by atoms with Crippen LogP contribution >= 0.6 is 27.3 Å². The molecule has 5 heteroatoms. The number of nitrogen functional groups attached to an aromatic ring is 1. The van der Waals surface area contributed by atoms with E-state index in [0.717, 1.165) is 25.7 Å². The third kappa shape index (κ3) is 1.62. The number of fused-ring (bicyclic) bond motifs is 1. The van der Waals surface area contributed by atoms with Crippen LogP contribution in [-0.2, 0) is 0 Å². The van der Waals surface area contributed by atoms with Gasteiger partial charge < -0.3 is 10.1 Å². The standard InChI is InChI=1S/C11H8BrN3S/c12-10-3-2-9(16-10)8-6-15-5-7(13)1-4-11(15)14-8/h1-6H,13H2. The second kappa shape index (κ2) is 3.61. The number of anilines is 1. The van der Waals surface area contributed by atoms with Crippen molar-refractivity contribution in [2.24, 2.45) is 0 Å². The summed E-state index contributed by atoms with van der Waals surface area (Å²) in [4.78, 5) is 5.68. The zero-order valence-corrected chi connectivity index (χ0v) is 10.6. The van der Waals surface area contributed by atoms with Crippen molar-refractivity contribution in [3.63, 3.8) is 0 Å². The van der Waals surface area contributed by atoms with Crippen molar-refractivity contribution in [2.75, 3.05) is 5.73 Å². The first-order chi connectivity index (χ1) is 7.72. The third-order valence-electron chi connectivity index (χ3n) is 2.30. The fraction of sp³-hybridized carbons (Fsp3) is 0. The van der Waals surface area contributed by atoms with Gasteiger partial charge in [0.1, 0.15) is 5.65 Å². The molecule has 0 radical (unpaired) electrons. The average molecular weight is 294 g/mol. The SMILES string of the molecule is Nc1ccc2nc(-c3ccc(Br)s3)cn2c1. The zero-order chi connectivity index (χ0) is 11.1. The largest absolute Gasteiger partial charge is 0.398 e. The molecule has 0 bridgehead atoms. The average Bonchev–Trinajstić information content (AvgIpc) is 2.83. The van der Waals surface area contributed by atoms with Gasteiger partial charge in [0, 0.05) is 18.1 Å². The van der Waals surface area contributed by atoms with E-state index in [9.17, 15) is 0 Å². The maximum atomic E-state index is 5.72. The summed E-state index contributed by atoms with van der Waals surface area (Å²) in [7, 11) is 0. The quantitative estimate of drug-likeness (QED) is 0.747. The summed E-state index contributed by atoms with van der Waals surface area (Å²) < 4.78 is 3.05. The smallest absolute Gasteiger partial charge is 0.137 e. The second-order valence-corrected chi connectivity index (χ2v) is 5.92. The monoisotopic (exact) mass is 293 g/mol. The Morgan fingerprint density at radius 3 is 2.81 bits per heavy atom. The molecule has 0 aliphatic heterocycles. The molecule has 0 saturated carbocycles. The van der Waals surface area contributed by atoms with Crippen LogP contribution in [0, 0.1) is 0 Å². The molecule has 0 amide bonds. The van der Waals surface area contributed by atoms with E-state index < -0.39 is 0 Å². The second-order valence-electron chi connectivity index (χ2n) is 3.46. The Labute approximate surface area is 105 Å². The van der Waals surface area contributed by atoms with Gasteiger partial charge in [-0.05, 0) is 40.2 Å². The highest BCUT2D eigenvalue weighted by Gasteiger charge is 2.06. The van der Waals surface area contributed by atoms with Crippen molar-refractivity contribution >= 4 is 38.6 Å². The Morgan fingerprint density at radius 2 is 2.06 bits per heavy atom. The van der Waals surface area contributed by atoms with Crippen LogP contribution in [-0.4, -0.2) is 9.38 Å². The van der Waals surface area contributed by atoms with Crippen molar-refractivity contribution < 1.29 is 0 Å². The molecule has 0 atom stereocenters. The van der Waals surface area contributed by atoms with E-state index in [0.29, 0.717) is 0 Å². The highest BCUT2D eigenvalue weighted by atomic mass is 79.9. The fourth-order valence-electron chi connectivity index (χ4n) is 1.58. The molecule has 0 aromatic carbocycles. The molecule has 3 aromatic rings. The molecule has 3 nitrogen and oxygen atoms in total. The molecule has 3 rings (SSSR count). The minimum atomic E-state index is 0.740. The van der Waals surface area contributed by atoms with E-state index >= 15 is 0 Å². The van der Waals surface area contributed by atoms with E-state index in [1.54, 1.807) is 11.3 Å². The van der Waals surface area contributed by atoms with Gasteiger partial charge in [0.25, 0.3) is 0 Å². The zero-order valence-electron chi connectivity index (χ0n) is 8.22. The summed E-state index contributed by atoms with van der Waals surface area (Å²) >= 11 is 5.12. The number of nitrogens with zero attached hydrogens (tertiary/aromatic N) is 2. The lowest BCUT2D eigenvalue weighted by Crippen LogP contribution is -1.88. The van der Waals surface area contributed by atoms with Gasteiger partial charge >= 0.3 is 0 Å². The topological polar surface area (TPSA) is 43.3 Å². The summed E-state index contributed by atoms with van der Waals surface area (Å²) in [6, 6.07) is 7.86. The van der Waals surface area contributed by atoms with E-state index in [1.165, 1.54) is 0 Å². The molecule has 16 heavy (non-hydrogen) atoms. The summed E-state index contributed by atoms with van der Waals surface area (Å²) in [5, 5.41) is 0. The number of hydrogen-bond acceptors (Lipinski definition) is 3. The molecule has 0 fully saturated rings. The number of imidazole rings is 1. The van der Waals surface area contributed by atoms with Crippen LogP contribution in [0.2, 0.25) is 0 Å². The molecule has 2 N–H and O–H groups in total. The predicted octanol–water partition coefficient (Wildman–Crippen LogP) is 3.41. The van der Waals surface area contributed by atoms with E-state index in [4.69, 9.17) is 5.73 Å². The Morgan fingerprint density at radius 1 is 1.19 bits per heavy atom. The number of rotatable bonds is 1. The molecule has 0 unspecified atom stereocenters. The van der Waals surface area contributed by atoms with Crippen LogP contribution in [0.15, 0.2) is 40.4 Å². The third-order valence-corrected chi connectivity index (χ3v) is 3.95. The first kappa shape index (κ1) is 9.86. The lowest BCUT2D eigenvalue weighted by atomic mass is 10.4. The summed E-state index contributed by atoms with van der Waals surface area (Å²) in [5.74, 6) is 0. The number of aromatic nitrogens is 2. The Kier molecular flexibility index (Phi) is 2.22. The molecule has 0 saturated heterocycles. The summed E-state index contributed by atoms with van der Waals surface area (Å²) in [6.07, 6.45) is 3.86. The molecular weight excluding hydrogens is 286 g/mol. The molecule has 0 spiro atoms. The van der Waals surface area contributed by atoms with Crippen molar-refractivity contribution in [3.8, 4) is 10.6 Å². The maximum absolute atomic E-state index is 5.72. The van der Waals surface area contributed by atoms with Gasteiger partial charge in [-0.25, -0.2) is 4.98 Å².